The maximum absolute atomic E-state index is 6.04. The van der Waals surface area contributed by atoms with Gasteiger partial charge in [-0.1, -0.05) is 0 Å². The first-order chi connectivity index (χ1) is 9.31. The molecule has 0 amide bonds. The number of nitrogens with zero attached hydrogens (tertiary/aromatic N) is 2. The molecular formula is C14H17ClN2OS. The van der Waals surface area contributed by atoms with E-state index in [1.54, 1.807) is 7.11 Å². The van der Waals surface area contributed by atoms with E-state index in [9.17, 15) is 0 Å². The molecule has 3 nitrogen and oxygen atoms in total. The van der Waals surface area contributed by atoms with Crippen LogP contribution in [0.1, 0.15) is 12.2 Å². The number of fused-ring (bicyclic) bond motifs is 1. The van der Waals surface area contributed by atoms with E-state index in [1.165, 1.54) is 17.9 Å². The zero-order chi connectivity index (χ0) is 13.2. The maximum atomic E-state index is 6.04. The number of aromatic nitrogens is 2. The van der Waals surface area contributed by atoms with E-state index in [-0.39, 0.29) is 0 Å². The van der Waals surface area contributed by atoms with E-state index in [4.69, 9.17) is 16.3 Å². The average Bonchev–Trinajstić information content (AvgIpc) is 3.07. The Kier molecular flexibility index (Phi) is 3.89. The summed E-state index contributed by atoms with van der Waals surface area (Å²) in [4.78, 5) is 4.62. The van der Waals surface area contributed by atoms with Crippen molar-refractivity contribution in [1.29, 1.82) is 0 Å². The Balaban J connectivity index is 2.02. The quantitative estimate of drug-likeness (QED) is 0.808. The average molecular weight is 297 g/mol. The fourth-order valence-corrected chi connectivity index (χ4v) is 4.05. The van der Waals surface area contributed by atoms with Gasteiger partial charge in [-0.05, 0) is 36.0 Å². The first-order valence-corrected chi connectivity index (χ1v) is 8.17. The lowest BCUT2D eigenvalue weighted by molar-refractivity contribution is 0.415. The highest BCUT2D eigenvalue weighted by Crippen LogP contribution is 2.28. The molecule has 0 spiro atoms. The van der Waals surface area contributed by atoms with Crippen LogP contribution >= 0.6 is 23.4 Å². The van der Waals surface area contributed by atoms with Crippen LogP contribution in [0, 0.1) is 5.92 Å². The van der Waals surface area contributed by atoms with Gasteiger partial charge >= 0.3 is 0 Å². The van der Waals surface area contributed by atoms with Crippen molar-refractivity contribution >= 4 is 34.4 Å². The molecule has 102 valence electrons. The standard InChI is InChI=1S/C14H17ClN2OS/c1-18-11-2-3-12-13(6-11)17(14(7-15)16-12)8-10-4-5-19-9-10/h2-3,6,10H,4-5,7-9H2,1H3. The minimum atomic E-state index is 0.455. The lowest BCUT2D eigenvalue weighted by Gasteiger charge is -2.13. The fraction of sp³-hybridized carbons (Fsp3) is 0.500. The second-order valence-electron chi connectivity index (χ2n) is 4.86. The van der Waals surface area contributed by atoms with E-state index in [0.29, 0.717) is 5.88 Å². The second kappa shape index (κ2) is 5.63. The summed E-state index contributed by atoms with van der Waals surface area (Å²) in [6.07, 6.45) is 1.29. The van der Waals surface area contributed by atoms with Gasteiger partial charge in [-0.3, -0.25) is 0 Å². The van der Waals surface area contributed by atoms with Crippen LogP contribution in [0.5, 0.6) is 5.75 Å². The van der Waals surface area contributed by atoms with Crippen LogP contribution in [0.3, 0.4) is 0 Å². The van der Waals surface area contributed by atoms with Crippen molar-refractivity contribution in [2.75, 3.05) is 18.6 Å². The highest BCUT2D eigenvalue weighted by Gasteiger charge is 2.19. The third-order valence-electron chi connectivity index (χ3n) is 3.62. The zero-order valence-corrected chi connectivity index (χ0v) is 12.5. The number of imidazole rings is 1. The van der Waals surface area contributed by atoms with Gasteiger partial charge in [0.1, 0.15) is 11.6 Å². The molecule has 2 aromatic rings. The van der Waals surface area contributed by atoms with Gasteiger partial charge < -0.3 is 9.30 Å². The van der Waals surface area contributed by atoms with Crippen molar-refractivity contribution in [2.24, 2.45) is 5.92 Å². The smallest absolute Gasteiger partial charge is 0.124 e. The van der Waals surface area contributed by atoms with Crippen LogP contribution in [0.25, 0.3) is 11.0 Å². The zero-order valence-electron chi connectivity index (χ0n) is 10.9. The Morgan fingerprint density at radius 1 is 1.53 bits per heavy atom. The van der Waals surface area contributed by atoms with E-state index in [0.717, 1.165) is 35.1 Å². The molecule has 0 bridgehead atoms. The number of ether oxygens (including phenoxy) is 1. The number of halogens is 1. The van der Waals surface area contributed by atoms with Crippen LogP contribution < -0.4 is 4.74 Å². The summed E-state index contributed by atoms with van der Waals surface area (Å²) in [5.41, 5.74) is 2.13. The molecule has 1 aromatic heterocycles. The molecule has 0 radical (unpaired) electrons. The van der Waals surface area contributed by atoms with E-state index in [2.05, 4.69) is 15.6 Å². The predicted octanol–water partition coefficient (Wildman–Crippen LogP) is 3.54. The summed E-state index contributed by atoms with van der Waals surface area (Å²) in [5.74, 6) is 5.53. The summed E-state index contributed by atoms with van der Waals surface area (Å²) in [7, 11) is 1.69. The number of thioether (sulfide) groups is 1. The molecule has 1 atom stereocenters. The van der Waals surface area contributed by atoms with Crippen molar-refractivity contribution in [3.05, 3.63) is 24.0 Å². The molecule has 1 unspecified atom stereocenters. The molecule has 1 saturated heterocycles. The predicted molar refractivity (Wildman–Crippen MR) is 81.3 cm³/mol. The molecule has 19 heavy (non-hydrogen) atoms. The molecule has 0 N–H and O–H groups in total. The molecule has 3 rings (SSSR count). The van der Waals surface area contributed by atoms with E-state index < -0.39 is 0 Å². The minimum Gasteiger partial charge on any atom is -0.497 e. The largest absolute Gasteiger partial charge is 0.497 e. The van der Waals surface area contributed by atoms with Crippen molar-refractivity contribution < 1.29 is 4.74 Å². The van der Waals surface area contributed by atoms with Crippen molar-refractivity contribution in [1.82, 2.24) is 9.55 Å². The molecule has 1 aromatic carbocycles. The summed E-state index contributed by atoms with van der Waals surface area (Å²) >= 11 is 8.08. The van der Waals surface area contributed by atoms with E-state index in [1.807, 2.05) is 23.9 Å². The molecule has 0 aliphatic carbocycles. The molecular weight excluding hydrogens is 280 g/mol. The van der Waals surface area contributed by atoms with Crippen LogP contribution in [-0.4, -0.2) is 28.2 Å². The summed E-state index contributed by atoms with van der Waals surface area (Å²) in [5, 5.41) is 0. The number of hydrogen-bond donors (Lipinski definition) is 0. The van der Waals surface area contributed by atoms with Gasteiger partial charge in [-0.25, -0.2) is 4.98 Å². The minimum absolute atomic E-state index is 0.455. The highest BCUT2D eigenvalue weighted by molar-refractivity contribution is 7.99. The number of rotatable bonds is 4. The Hall–Kier alpha value is -0.870. The Bertz CT molecular complexity index is 578. The lowest BCUT2D eigenvalue weighted by atomic mass is 10.1. The summed E-state index contributed by atoms with van der Waals surface area (Å²) in [6, 6.07) is 6.01. The van der Waals surface area contributed by atoms with Gasteiger partial charge in [0.2, 0.25) is 0 Å². The van der Waals surface area contributed by atoms with Crippen molar-refractivity contribution in [3.8, 4) is 5.75 Å². The Labute approximate surface area is 122 Å². The van der Waals surface area contributed by atoms with Gasteiger partial charge in [0, 0.05) is 12.6 Å². The second-order valence-corrected chi connectivity index (χ2v) is 6.27. The van der Waals surface area contributed by atoms with E-state index >= 15 is 0 Å². The Morgan fingerprint density at radius 2 is 2.42 bits per heavy atom. The summed E-state index contributed by atoms with van der Waals surface area (Å²) < 4.78 is 7.58. The number of benzene rings is 1. The first-order valence-electron chi connectivity index (χ1n) is 6.48. The Morgan fingerprint density at radius 3 is 3.11 bits per heavy atom. The third-order valence-corrected chi connectivity index (χ3v) is 5.09. The highest BCUT2D eigenvalue weighted by atomic mass is 35.5. The monoisotopic (exact) mass is 296 g/mol. The topological polar surface area (TPSA) is 27.1 Å². The molecule has 2 heterocycles. The van der Waals surface area contributed by atoms with Crippen LogP contribution in [0.2, 0.25) is 0 Å². The van der Waals surface area contributed by atoms with Gasteiger partial charge in [0.05, 0.1) is 24.0 Å². The fourth-order valence-electron chi connectivity index (χ4n) is 2.57. The lowest BCUT2D eigenvalue weighted by Crippen LogP contribution is -2.12. The number of methoxy groups -OCH3 is 1. The normalized spacial score (nSPS) is 19.2. The summed E-state index contributed by atoms with van der Waals surface area (Å²) in [6.45, 7) is 1.01. The first kappa shape index (κ1) is 13.1. The maximum Gasteiger partial charge on any atom is 0.124 e. The van der Waals surface area contributed by atoms with Crippen molar-refractivity contribution in [2.45, 2.75) is 18.8 Å². The van der Waals surface area contributed by atoms with Gasteiger partial charge in [-0.15, -0.1) is 11.6 Å². The third kappa shape index (κ3) is 2.56. The number of hydrogen-bond acceptors (Lipinski definition) is 3. The van der Waals surface area contributed by atoms with Crippen LogP contribution in [-0.2, 0) is 12.4 Å². The van der Waals surface area contributed by atoms with Crippen LogP contribution in [0.15, 0.2) is 18.2 Å². The molecule has 1 fully saturated rings. The molecule has 5 heteroatoms. The van der Waals surface area contributed by atoms with Gasteiger partial charge in [0.25, 0.3) is 0 Å². The van der Waals surface area contributed by atoms with Crippen molar-refractivity contribution in [3.63, 3.8) is 0 Å². The molecule has 1 aliphatic heterocycles. The van der Waals surface area contributed by atoms with Crippen LogP contribution in [0.4, 0.5) is 0 Å². The number of alkyl halides is 1. The van der Waals surface area contributed by atoms with Gasteiger partial charge in [0.15, 0.2) is 0 Å². The van der Waals surface area contributed by atoms with Gasteiger partial charge in [-0.2, -0.15) is 11.8 Å². The SMILES string of the molecule is COc1ccc2nc(CCl)n(CC3CCSC3)c2c1. The molecule has 0 saturated carbocycles. The molecule has 1 aliphatic rings.